The maximum absolute atomic E-state index is 13.0. The van der Waals surface area contributed by atoms with Gasteiger partial charge in [0.05, 0.1) is 5.41 Å². The summed E-state index contributed by atoms with van der Waals surface area (Å²) in [7, 11) is 0. The lowest BCUT2D eigenvalue weighted by molar-refractivity contribution is -0.0601. The maximum Gasteiger partial charge on any atom is 0.320 e. The smallest absolute Gasteiger partial charge is 0.320 e. The number of rotatable bonds is 5. The van der Waals surface area contributed by atoms with Crippen LogP contribution in [-0.4, -0.2) is 77.8 Å². The van der Waals surface area contributed by atoms with Crippen LogP contribution >= 0.6 is 0 Å². The van der Waals surface area contributed by atoms with Crippen molar-refractivity contribution in [3.05, 3.63) is 52.9 Å². The number of carbonyl (C=O) groups is 1. The first-order valence-electron chi connectivity index (χ1n) is 12.9. The fourth-order valence-corrected chi connectivity index (χ4v) is 6.62. The summed E-state index contributed by atoms with van der Waals surface area (Å²) in [5.41, 5.74) is 2.85. The van der Waals surface area contributed by atoms with Gasteiger partial charge in [0.25, 0.3) is 0 Å². The van der Waals surface area contributed by atoms with Crippen LogP contribution in [-0.2, 0) is 5.41 Å². The van der Waals surface area contributed by atoms with E-state index in [9.17, 15) is 4.79 Å². The minimum atomic E-state index is -0.0371. The van der Waals surface area contributed by atoms with Crippen molar-refractivity contribution >= 4 is 6.03 Å². The number of hydrogen-bond acceptors (Lipinski definition) is 6. The SMILES string of the molecule is O=C(N1CC(c2ccc(C3(c4nnn[nH]4)CC3)cc2)C1)N1CC2(CC(c3nnc(C4CC4)[nH]3)C2)C1. The van der Waals surface area contributed by atoms with Gasteiger partial charge in [0.1, 0.15) is 11.6 Å². The molecule has 2 saturated heterocycles. The molecule has 2 N–H and O–H groups in total. The molecule has 3 aliphatic carbocycles. The van der Waals surface area contributed by atoms with Gasteiger partial charge in [0.15, 0.2) is 5.82 Å². The Labute approximate surface area is 202 Å². The van der Waals surface area contributed by atoms with Crippen LogP contribution in [0.2, 0.25) is 0 Å². The number of nitrogens with zero attached hydrogens (tertiary/aromatic N) is 7. The fraction of sp³-hybridized carbons (Fsp3) is 0.600. The van der Waals surface area contributed by atoms with Crippen LogP contribution in [0.25, 0.3) is 0 Å². The molecule has 2 aliphatic heterocycles. The molecule has 0 radical (unpaired) electrons. The molecular formula is C25H29N9O. The van der Waals surface area contributed by atoms with Gasteiger partial charge < -0.3 is 14.8 Å². The molecule has 1 spiro atoms. The van der Waals surface area contributed by atoms with Crippen molar-refractivity contribution < 1.29 is 4.79 Å². The summed E-state index contributed by atoms with van der Waals surface area (Å²) in [4.78, 5) is 20.5. The van der Waals surface area contributed by atoms with E-state index in [4.69, 9.17) is 0 Å². The van der Waals surface area contributed by atoms with E-state index in [1.54, 1.807) is 0 Å². The Balaban J connectivity index is 0.832. The molecule has 2 aromatic heterocycles. The number of amides is 2. The third-order valence-electron chi connectivity index (χ3n) is 9.19. The number of nitrogens with one attached hydrogen (secondary N) is 2. The summed E-state index contributed by atoms with van der Waals surface area (Å²) in [6.07, 6.45) is 6.88. The van der Waals surface area contributed by atoms with E-state index in [-0.39, 0.29) is 11.4 Å². The molecule has 2 amide bonds. The molecule has 180 valence electrons. The van der Waals surface area contributed by atoms with Crippen molar-refractivity contribution in [1.29, 1.82) is 0 Å². The molecule has 0 atom stereocenters. The number of H-pyrrole nitrogens is 2. The molecule has 3 aromatic rings. The first-order valence-corrected chi connectivity index (χ1v) is 12.9. The van der Waals surface area contributed by atoms with Crippen LogP contribution in [0.5, 0.6) is 0 Å². The van der Waals surface area contributed by atoms with Gasteiger partial charge in [-0.15, -0.1) is 15.3 Å². The van der Waals surface area contributed by atoms with Crippen LogP contribution in [0.15, 0.2) is 24.3 Å². The molecule has 4 heterocycles. The highest BCUT2D eigenvalue weighted by Crippen LogP contribution is 2.56. The van der Waals surface area contributed by atoms with Crippen LogP contribution < -0.4 is 0 Å². The molecule has 0 bridgehead atoms. The Morgan fingerprint density at radius 1 is 0.886 bits per heavy atom. The molecular weight excluding hydrogens is 442 g/mol. The second-order valence-corrected chi connectivity index (χ2v) is 11.7. The van der Waals surface area contributed by atoms with Crippen LogP contribution in [0.1, 0.15) is 84.9 Å². The summed E-state index contributed by atoms with van der Waals surface area (Å²) < 4.78 is 0. The molecule has 10 heteroatoms. The lowest BCUT2D eigenvalue weighted by Gasteiger charge is -2.59. The fourth-order valence-electron chi connectivity index (χ4n) is 6.62. The summed E-state index contributed by atoms with van der Waals surface area (Å²) in [5, 5.41) is 23.3. The normalized spacial score (nSPS) is 24.7. The second kappa shape index (κ2) is 6.89. The topological polar surface area (TPSA) is 120 Å². The van der Waals surface area contributed by atoms with Gasteiger partial charge in [-0.05, 0) is 60.1 Å². The average molecular weight is 472 g/mol. The minimum Gasteiger partial charge on any atom is -0.328 e. The van der Waals surface area contributed by atoms with Gasteiger partial charge >= 0.3 is 6.03 Å². The van der Waals surface area contributed by atoms with E-state index >= 15 is 0 Å². The Bertz CT molecular complexity index is 1250. The standard InChI is InChI=1S/C25H29N9O/c35-23(34-13-24(14-34)9-17(10-24)21-26-20(27-28-21)16-1-2-16)33-11-18(12-33)15-3-5-19(6-4-15)25(7-8-25)22-29-31-32-30-22/h3-6,16-18H,1-2,7-14H2,(H,26,27,28)(H,29,30,31,32). The van der Waals surface area contributed by atoms with Crippen molar-refractivity contribution in [2.24, 2.45) is 5.41 Å². The first-order chi connectivity index (χ1) is 17.1. The van der Waals surface area contributed by atoms with Gasteiger partial charge in [0, 0.05) is 49.3 Å². The number of carbonyl (C=O) groups excluding carboxylic acids is 1. The predicted octanol–water partition coefficient (Wildman–Crippen LogP) is 2.67. The predicted molar refractivity (Wildman–Crippen MR) is 125 cm³/mol. The number of hydrogen-bond donors (Lipinski definition) is 2. The van der Waals surface area contributed by atoms with Crippen LogP contribution in [0, 0.1) is 5.41 Å². The van der Waals surface area contributed by atoms with E-state index in [1.807, 2.05) is 9.80 Å². The molecule has 35 heavy (non-hydrogen) atoms. The Kier molecular flexibility index (Phi) is 3.93. The van der Waals surface area contributed by atoms with Gasteiger partial charge in [-0.3, -0.25) is 0 Å². The van der Waals surface area contributed by atoms with E-state index in [0.29, 0.717) is 23.2 Å². The molecule has 5 fully saturated rings. The maximum atomic E-state index is 13.0. The Morgan fingerprint density at radius 3 is 2.23 bits per heavy atom. The molecule has 5 aliphatic rings. The molecule has 1 aromatic carbocycles. The van der Waals surface area contributed by atoms with E-state index in [2.05, 4.69) is 60.1 Å². The summed E-state index contributed by atoms with van der Waals surface area (Å²) in [6, 6.07) is 9.07. The monoisotopic (exact) mass is 471 g/mol. The van der Waals surface area contributed by atoms with Crippen molar-refractivity contribution in [1.82, 2.24) is 45.6 Å². The highest BCUT2D eigenvalue weighted by atomic mass is 16.2. The van der Waals surface area contributed by atoms with Crippen molar-refractivity contribution in [3.63, 3.8) is 0 Å². The lowest BCUT2D eigenvalue weighted by atomic mass is 9.57. The van der Waals surface area contributed by atoms with Crippen LogP contribution in [0.3, 0.4) is 0 Å². The molecule has 0 unspecified atom stereocenters. The quantitative estimate of drug-likeness (QED) is 0.590. The number of tetrazole rings is 1. The van der Waals surface area contributed by atoms with Crippen molar-refractivity contribution in [2.45, 2.75) is 61.7 Å². The zero-order valence-corrected chi connectivity index (χ0v) is 19.7. The van der Waals surface area contributed by atoms with Gasteiger partial charge in [-0.1, -0.05) is 24.3 Å². The summed E-state index contributed by atoms with van der Waals surface area (Å²) >= 11 is 0. The first kappa shape index (κ1) is 19.9. The van der Waals surface area contributed by atoms with Gasteiger partial charge in [-0.25, -0.2) is 9.89 Å². The average Bonchev–Trinajstić information content (AvgIpc) is 3.69. The van der Waals surface area contributed by atoms with Gasteiger partial charge in [-0.2, -0.15) is 0 Å². The number of aromatic amines is 2. The van der Waals surface area contributed by atoms with E-state index < -0.39 is 0 Å². The molecule has 8 rings (SSSR count). The van der Waals surface area contributed by atoms with Crippen molar-refractivity contribution in [2.75, 3.05) is 26.2 Å². The third kappa shape index (κ3) is 3.07. The number of benzene rings is 1. The Hall–Kier alpha value is -3.30. The van der Waals surface area contributed by atoms with Crippen molar-refractivity contribution in [3.8, 4) is 0 Å². The molecule has 10 nitrogen and oxygen atoms in total. The third-order valence-corrected chi connectivity index (χ3v) is 9.19. The zero-order chi connectivity index (χ0) is 23.2. The minimum absolute atomic E-state index is 0.0371. The lowest BCUT2D eigenvalue weighted by Crippen LogP contribution is -2.67. The van der Waals surface area contributed by atoms with Crippen LogP contribution in [0.4, 0.5) is 4.79 Å². The highest BCUT2D eigenvalue weighted by molar-refractivity contribution is 5.77. The second-order valence-electron chi connectivity index (χ2n) is 11.7. The highest BCUT2D eigenvalue weighted by Gasteiger charge is 2.56. The summed E-state index contributed by atoms with van der Waals surface area (Å²) in [5.74, 6) is 4.52. The van der Waals surface area contributed by atoms with E-state index in [1.165, 1.54) is 24.0 Å². The van der Waals surface area contributed by atoms with Gasteiger partial charge in [0.2, 0.25) is 0 Å². The number of aromatic nitrogens is 7. The number of urea groups is 1. The summed E-state index contributed by atoms with van der Waals surface area (Å²) in [6.45, 7) is 3.40. The Morgan fingerprint density at radius 2 is 1.60 bits per heavy atom. The molecule has 3 saturated carbocycles. The zero-order valence-electron chi connectivity index (χ0n) is 19.7. The largest absolute Gasteiger partial charge is 0.328 e. The van der Waals surface area contributed by atoms with E-state index in [0.717, 1.165) is 69.3 Å². The number of likely N-dealkylation sites (tertiary alicyclic amines) is 2.